The Hall–Kier alpha value is -3.67. The molecule has 6 heteroatoms. The van der Waals surface area contributed by atoms with E-state index in [1.165, 1.54) is 122 Å². The summed E-state index contributed by atoms with van der Waals surface area (Å²) < 4.78 is 16.8. The number of hydrogen-bond donors (Lipinski definition) is 0. The van der Waals surface area contributed by atoms with Crippen molar-refractivity contribution in [3.63, 3.8) is 0 Å². The molecule has 0 spiro atoms. The van der Waals surface area contributed by atoms with Crippen LogP contribution in [0, 0.1) is 0 Å². The molecule has 0 rings (SSSR count). The zero-order chi connectivity index (χ0) is 52.2. The van der Waals surface area contributed by atoms with Crippen LogP contribution in [0.25, 0.3) is 0 Å². The lowest BCUT2D eigenvalue weighted by atomic mass is 10.0. The molecule has 0 aliphatic heterocycles. The molecule has 0 saturated heterocycles. The predicted octanol–water partition coefficient (Wildman–Crippen LogP) is 20.5. The van der Waals surface area contributed by atoms with Crippen LogP contribution in [0.5, 0.6) is 0 Å². The molecule has 0 bridgehead atoms. The lowest BCUT2D eigenvalue weighted by molar-refractivity contribution is -0.167. The Kier molecular flexibility index (Phi) is 56.8. The number of esters is 3. The minimum atomic E-state index is -0.799. The predicted molar refractivity (Wildman–Crippen MR) is 311 cm³/mol. The van der Waals surface area contributed by atoms with Gasteiger partial charge < -0.3 is 14.2 Å². The van der Waals surface area contributed by atoms with E-state index in [4.69, 9.17) is 14.2 Å². The van der Waals surface area contributed by atoms with E-state index in [1.807, 2.05) is 0 Å². The summed E-state index contributed by atoms with van der Waals surface area (Å²) in [4.78, 5) is 38.1. The molecule has 0 aliphatic carbocycles. The summed E-state index contributed by atoms with van der Waals surface area (Å²) in [5.74, 6) is -0.934. The summed E-state index contributed by atoms with van der Waals surface area (Å²) in [5, 5.41) is 0. The topological polar surface area (TPSA) is 78.9 Å². The highest BCUT2D eigenvalue weighted by molar-refractivity contribution is 5.71. The minimum Gasteiger partial charge on any atom is -0.462 e. The van der Waals surface area contributed by atoms with Crippen molar-refractivity contribution in [3.05, 3.63) is 97.2 Å². The van der Waals surface area contributed by atoms with Crippen LogP contribution in [-0.4, -0.2) is 37.2 Å². The van der Waals surface area contributed by atoms with Gasteiger partial charge in [0.15, 0.2) is 6.10 Å². The molecule has 0 aromatic carbocycles. The zero-order valence-corrected chi connectivity index (χ0v) is 47.2. The van der Waals surface area contributed by atoms with Gasteiger partial charge in [-0.05, 0) is 116 Å². The van der Waals surface area contributed by atoms with E-state index in [1.54, 1.807) is 0 Å². The normalized spacial score (nSPS) is 12.8. The van der Waals surface area contributed by atoms with Crippen LogP contribution < -0.4 is 0 Å². The highest BCUT2D eigenvalue weighted by atomic mass is 16.6. The van der Waals surface area contributed by atoms with Crippen molar-refractivity contribution in [1.82, 2.24) is 0 Å². The monoisotopic (exact) mass is 1000 g/mol. The number of hydrogen-bond acceptors (Lipinski definition) is 6. The van der Waals surface area contributed by atoms with E-state index >= 15 is 0 Å². The summed E-state index contributed by atoms with van der Waals surface area (Å²) in [5.41, 5.74) is 0. The van der Waals surface area contributed by atoms with Crippen molar-refractivity contribution in [2.75, 3.05) is 13.2 Å². The average molecular weight is 1000 g/mol. The molecular formula is C66H112O6. The first-order chi connectivity index (χ1) is 35.5. The Morgan fingerprint density at radius 1 is 0.292 bits per heavy atom. The molecule has 1 atom stereocenters. The van der Waals surface area contributed by atoms with E-state index in [0.717, 1.165) is 122 Å². The fraction of sp³-hybridized carbons (Fsp3) is 0.712. The standard InChI is InChI=1S/C66H112O6/c1-4-7-10-13-16-19-22-24-26-28-30-31-32-33-34-35-37-38-40-42-44-47-50-53-56-59-65(68)71-62-63(61-70-64(67)58-55-52-49-46-21-18-15-12-9-6-3)72-66(69)60-57-54-51-48-45-43-41-39-36-29-27-25-23-20-17-14-11-8-5-2/h8,11-12,15,17,20,22,24-25,27-28,30,36,39,43,45,63H,4-7,9-10,13-14,16,18-19,21,23,26,29,31-35,37-38,40-42,44,46-62H2,1-3H3/b11-8-,15-12-,20-17-,24-22-,27-25-,30-28-,39-36-,45-43-. The molecule has 72 heavy (non-hydrogen) atoms. The molecular weight excluding hydrogens is 889 g/mol. The number of unbranched alkanes of at least 4 members (excludes halogenated alkanes) is 27. The van der Waals surface area contributed by atoms with Crippen molar-refractivity contribution < 1.29 is 28.6 Å². The van der Waals surface area contributed by atoms with Crippen LogP contribution in [0.4, 0.5) is 0 Å². The average Bonchev–Trinajstić information content (AvgIpc) is 3.38. The lowest BCUT2D eigenvalue weighted by Gasteiger charge is -2.18. The summed E-state index contributed by atoms with van der Waals surface area (Å²) in [7, 11) is 0. The van der Waals surface area contributed by atoms with Crippen molar-refractivity contribution in [3.8, 4) is 0 Å². The second-order valence-corrected chi connectivity index (χ2v) is 19.9. The van der Waals surface area contributed by atoms with Gasteiger partial charge >= 0.3 is 17.9 Å². The second kappa shape index (κ2) is 59.9. The van der Waals surface area contributed by atoms with Gasteiger partial charge in [-0.2, -0.15) is 0 Å². The quantitative estimate of drug-likeness (QED) is 0.0261. The van der Waals surface area contributed by atoms with Gasteiger partial charge in [0, 0.05) is 19.3 Å². The van der Waals surface area contributed by atoms with Crippen LogP contribution in [-0.2, 0) is 28.6 Å². The first-order valence-corrected chi connectivity index (χ1v) is 30.2. The molecule has 0 heterocycles. The third kappa shape index (κ3) is 57.2. The van der Waals surface area contributed by atoms with Crippen molar-refractivity contribution in [2.24, 2.45) is 0 Å². The lowest BCUT2D eigenvalue weighted by Crippen LogP contribution is -2.30. The molecule has 0 amide bonds. The summed E-state index contributed by atoms with van der Waals surface area (Å²) in [6.45, 7) is 6.43. The van der Waals surface area contributed by atoms with E-state index in [9.17, 15) is 14.4 Å². The second-order valence-electron chi connectivity index (χ2n) is 19.9. The van der Waals surface area contributed by atoms with Crippen LogP contribution >= 0.6 is 0 Å². The van der Waals surface area contributed by atoms with Gasteiger partial charge in [0.2, 0.25) is 0 Å². The van der Waals surface area contributed by atoms with Crippen LogP contribution in [0.15, 0.2) is 97.2 Å². The minimum absolute atomic E-state index is 0.0938. The van der Waals surface area contributed by atoms with Gasteiger partial charge in [0.05, 0.1) is 0 Å². The first-order valence-electron chi connectivity index (χ1n) is 30.2. The Balaban J connectivity index is 4.30. The van der Waals surface area contributed by atoms with E-state index in [-0.39, 0.29) is 37.5 Å². The number of ether oxygens (including phenoxy) is 3. The van der Waals surface area contributed by atoms with Gasteiger partial charge in [-0.25, -0.2) is 0 Å². The molecule has 0 radical (unpaired) electrons. The van der Waals surface area contributed by atoms with Gasteiger partial charge in [0.25, 0.3) is 0 Å². The Labute approximate surface area is 445 Å². The molecule has 0 aliphatic rings. The van der Waals surface area contributed by atoms with Gasteiger partial charge in [0.1, 0.15) is 13.2 Å². The Bertz CT molecular complexity index is 1430. The Morgan fingerprint density at radius 2 is 0.569 bits per heavy atom. The molecule has 6 nitrogen and oxygen atoms in total. The van der Waals surface area contributed by atoms with E-state index in [2.05, 4.69) is 118 Å². The maximum Gasteiger partial charge on any atom is 0.306 e. The van der Waals surface area contributed by atoms with Crippen LogP contribution in [0.3, 0.4) is 0 Å². The molecule has 1 unspecified atom stereocenters. The third-order valence-corrected chi connectivity index (χ3v) is 12.8. The van der Waals surface area contributed by atoms with Gasteiger partial charge in [-0.15, -0.1) is 0 Å². The van der Waals surface area contributed by atoms with E-state index in [0.29, 0.717) is 12.8 Å². The highest BCUT2D eigenvalue weighted by Crippen LogP contribution is 2.15. The molecule has 412 valence electrons. The van der Waals surface area contributed by atoms with E-state index < -0.39 is 6.10 Å². The fourth-order valence-corrected chi connectivity index (χ4v) is 8.27. The number of carbonyl (C=O) groups excluding carboxylic acids is 3. The molecule has 0 aromatic rings. The largest absolute Gasteiger partial charge is 0.462 e. The SMILES string of the molecule is CC/C=C\C/C=C\C/C=C\C/C=C\C/C=C\CCCCCC(=O)OC(COC(=O)CCCCCCC/C=C\CCC)COC(=O)CCCCCCCCCCCCCCC/C=C\C/C=C\CCCCCCC. The fourth-order valence-electron chi connectivity index (χ4n) is 8.27. The zero-order valence-electron chi connectivity index (χ0n) is 47.2. The number of rotatable bonds is 54. The first kappa shape index (κ1) is 68.3. The third-order valence-electron chi connectivity index (χ3n) is 12.8. The summed E-state index contributed by atoms with van der Waals surface area (Å²) in [6.07, 6.45) is 79.9. The maximum absolute atomic E-state index is 12.8. The van der Waals surface area contributed by atoms with Gasteiger partial charge in [-0.3, -0.25) is 14.4 Å². The number of allylic oxidation sites excluding steroid dienone is 16. The number of carbonyl (C=O) groups is 3. The molecule has 0 fully saturated rings. The van der Waals surface area contributed by atoms with Crippen LogP contribution in [0.1, 0.15) is 284 Å². The molecule has 0 saturated carbocycles. The van der Waals surface area contributed by atoms with Crippen molar-refractivity contribution in [2.45, 2.75) is 290 Å². The molecule has 0 N–H and O–H groups in total. The smallest absolute Gasteiger partial charge is 0.306 e. The maximum atomic E-state index is 12.8. The van der Waals surface area contributed by atoms with Crippen molar-refractivity contribution in [1.29, 1.82) is 0 Å². The van der Waals surface area contributed by atoms with Gasteiger partial charge in [-0.1, -0.05) is 246 Å². The van der Waals surface area contributed by atoms with Crippen molar-refractivity contribution >= 4 is 17.9 Å². The summed E-state index contributed by atoms with van der Waals surface area (Å²) >= 11 is 0. The highest BCUT2D eigenvalue weighted by Gasteiger charge is 2.19. The Morgan fingerprint density at radius 3 is 0.931 bits per heavy atom. The summed E-state index contributed by atoms with van der Waals surface area (Å²) in [6, 6.07) is 0. The molecule has 0 aromatic heterocycles. The van der Waals surface area contributed by atoms with Crippen LogP contribution in [0.2, 0.25) is 0 Å².